The van der Waals surface area contributed by atoms with Gasteiger partial charge >= 0.3 is 0 Å². The molecule has 0 atom stereocenters. The zero-order valence-corrected chi connectivity index (χ0v) is 17.2. The molecule has 6 rings (SSSR count). The van der Waals surface area contributed by atoms with Crippen LogP contribution >= 0.6 is 11.6 Å². The van der Waals surface area contributed by atoms with Crippen LogP contribution in [0.2, 0.25) is 5.02 Å². The van der Waals surface area contributed by atoms with E-state index >= 15 is 0 Å². The maximum Gasteiger partial charge on any atom is 0.141 e. The first-order valence-corrected chi connectivity index (χ1v) is 10.5. The van der Waals surface area contributed by atoms with E-state index in [-0.39, 0.29) is 0 Å². The molecule has 0 amide bonds. The molecule has 1 aliphatic carbocycles. The number of imidazole rings is 1. The summed E-state index contributed by atoms with van der Waals surface area (Å²) >= 11 is 6.36. The van der Waals surface area contributed by atoms with Crippen molar-refractivity contribution in [3.8, 4) is 23.5 Å². The monoisotopic (exact) mass is 418 g/mol. The fourth-order valence-corrected chi connectivity index (χ4v) is 4.67. The number of nitrogens with one attached hydrogen (secondary N) is 1. The summed E-state index contributed by atoms with van der Waals surface area (Å²) in [5.74, 6) is 1.17. The van der Waals surface area contributed by atoms with Crippen molar-refractivity contribution in [2.75, 3.05) is 0 Å². The highest BCUT2D eigenvalue weighted by atomic mass is 35.5. The second kappa shape index (κ2) is 6.57. The third-order valence-corrected chi connectivity index (χ3v) is 6.37. The SMILES string of the molecule is N#Cc1cccc(C#N)c1-c1nc2c3ccc(Cl)cc3c3cc(C4CC4)ccc3c2[nH]1. The van der Waals surface area contributed by atoms with Gasteiger partial charge in [-0.25, -0.2) is 4.98 Å². The number of benzene rings is 4. The summed E-state index contributed by atoms with van der Waals surface area (Å²) in [5, 5.41) is 24.2. The van der Waals surface area contributed by atoms with Crippen LogP contribution < -0.4 is 0 Å². The lowest BCUT2D eigenvalue weighted by Gasteiger charge is -2.09. The van der Waals surface area contributed by atoms with Gasteiger partial charge < -0.3 is 4.98 Å². The summed E-state index contributed by atoms with van der Waals surface area (Å²) in [5.41, 5.74) is 4.45. The predicted octanol–water partition coefficient (Wildman–Crippen LogP) is 6.81. The molecular weight excluding hydrogens is 404 g/mol. The lowest BCUT2D eigenvalue weighted by atomic mass is 9.97. The average molecular weight is 419 g/mol. The summed E-state index contributed by atoms with van der Waals surface area (Å²) in [6.45, 7) is 0. The topological polar surface area (TPSA) is 76.3 Å². The standard InChI is InChI=1S/C26H15ClN4/c27-18-7-9-20-22(11-18)21-10-15(14-4-5-14)6-8-19(21)24-25(20)31-26(30-24)23-16(12-28)2-1-3-17(23)13-29/h1-3,6-11,14H,4-5H2,(H,30,31). The Morgan fingerprint density at radius 2 is 1.58 bits per heavy atom. The van der Waals surface area contributed by atoms with Gasteiger partial charge in [0.1, 0.15) is 5.82 Å². The van der Waals surface area contributed by atoms with E-state index in [4.69, 9.17) is 16.6 Å². The van der Waals surface area contributed by atoms with Gasteiger partial charge in [-0.15, -0.1) is 0 Å². The predicted molar refractivity (Wildman–Crippen MR) is 123 cm³/mol. The van der Waals surface area contributed by atoms with Crippen molar-refractivity contribution >= 4 is 44.2 Å². The van der Waals surface area contributed by atoms with Crippen LogP contribution in [-0.4, -0.2) is 9.97 Å². The minimum absolute atomic E-state index is 0.422. The van der Waals surface area contributed by atoms with Gasteiger partial charge in [0.2, 0.25) is 0 Å². The number of nitriles is 2. The lowest BCUT2D eigenvalue weighted by molar-refractivity contribution is 1.14. The maximum atomic E-state index is 9.62. The van der Waals surface area contributed by atoms with Crippen molar-refractivity contribution in [1.29, 1.82) is 10.5 Å². The Bertz CT molecular complexity index is 1600. The number of aromatic amines is 1. The van der Waals surface area contributed by atoms with E-state index in [0.29, 0.717) is 33.5 Å². The van der Waals surface area contributed by atoms with Crippen LogP contribution in [0.25, 0.3) is 44.0 Å². The lowest BCUT2D eigenvalue weighted by Crippen LogP contribution is -1.91. The van der Waals surface area contributed by atoms with Gasteiger partial charge in [0.25, 0.3) is 0 Å². The van der Waals surface area contributed by atoms with Gasteiger partial charge in [0, 0.05) is 15.8 Å². The Morgan fingerprint density at radius 3 is 2.29 bits per heavy atom. The highest BCUT2D eigenvalue weighted by Crippen LogP contribution is 2.43. The summed E-state index contributed by atoms with van der Waals surface area (Å²) in [4.78, 5) is 8.31. The van der Waals surface area contributed by atoms with Crippen molar-refractivity contribution in [1.82, 2.24) is 9.97 Å². The molecule has 1 heterocycles. The van der Waals surface area contributed by atoms with Crippen LogP contribution in [0.5, 0.6) is 0 Å². The molecule has 0 unspecified atom stereocenters. The van der Waals surface area contributed by atoms with Gasteiger partial charge in [-0.1, -0.05) is 41.9 Å². The molecule has 31 heavy (non-hydrogen) atoms. The number of rotatable bonds is 2. The zero-order valence-electron chi connectivity index (χ0n) is 16.4. The molecular formula is C26H15ClN4. The molecule has 0 aliphatic heterocycles. The third-order valence-electron chi connectivity index (χ3n) is 6.13. The van der Waals surface area contributed by atoms with E-state index < -0.39 is 0 Å². The molecule has 0 saturated heterocycles. The van der Waals surface area contributed by atoms with Gasteiger partial charge in [0.15, 0.2) is 0 Å². The molecule has 4 aromatic carbocycles. The highest BCUT2D eigenvalue weighted by Gasteiger charge is 2.24. The van der Waals surface area contributed by atoms with Crippen molar-refractivity contribution in [2.24, 2.45) is 0 Å². The average Bonchev–Trinajstić information content (AvgIpc) is 3.56. The van der Waals surface area contributed by atoms with Gasteiger partial charge in [-0.3, -0.25) is 0 Å². The molecule has 1 saturated carbocycles. The quantitative estimate of drug-likeness (QED) is 0.320. The highest BCUT2D eigenvalue weighted by molar-refractivity contribution is 6.33. The van der Waals surface area contributed by atoms with Crippen LogP contribution in [0.1, 0.15) is 35.4 Å². The Balaban J connectivity index is 1.75. The van der Waals surface area contributed by atoms with Crippen molar-refractivity contribution < 1.29 is 0 Å². The van der Waals surface area contributed by atoms with Crippen LogP contribution in [0.4, 0.5) is 0 Å². The van der Waals surface area contributed by atoms with E-state index in [1.165, 1.54) is 18.4 Å². The molecule has 5 heteroatoms. The molecule has 0 radical (unpaired) electrons. The number of halogens is 1. The van der Waals surface area contributed by atoms with Crippen LogP contribution in [-0.2, 0) is 0 Å². The second-order valence-corrected chi connectivity index (χ2v) is 8.47. The number of hydrogen-bond acceptors (Lipinski definition) is 3. The van der Waals surface area contributed by atoms with E-state index in [2.05, 4.69) is 35.3 Å². The van der Waals surface area contributed by atoms with Gasteiger partial charge in [0.05, 0.1) is 39.9 Å². The van der Waals surface area contributed by atoms with Gasteiger partial charge in [-0.2, -0.15) is 10.5 Å². The van der Waals surface area contributed by atoms with Crippen molar-refractivity contribution in [3.63, 3.8) is 0 Å². The fourth-order valence-electron chi connectivity index (χ4n) is 4.49. The molecule has 146 valence electrons. The molecule has 0 spiro atoms. The number of fused-ring (bicyclic) bond motifs is 6. The third kappa shape index (κ3) is 2.70. The number of nitrogens with zero attached hydrogens (tertiary/aromatic N) is 3. The number of aromatic nitrogens is 2. The van der Waals surface area contributed by atoms with Crippen LogP contribution in [0.15, 0.2) is 54.6 Å². The first-order valence-electron chi connectivity index (χ1n) is 10.2. The molecule has 0 bridgehead atoms. The molecule has 1 aliphatic rings. The number of hydrogen-bond donors (Lipinski definition) is 1. The molecule has 4 nitrogen and oxygen atoms in total. The Hall–Kier alpha value is -3.86. The fraction of sp³-hybridized carbons (Fsp3) is 0.115. The molecule has 5 aromatic rings. The second-order valence-electron chi connectivity index (χ2n) is 8.03. The molecule has 1 N–H and O–H groups in total. The minimum atomic E-state index is 0.422. The number of H-pyrrole nitrogens is 1. The van der Waals surface area contributed by atoms with E-state index in [1.807, 2.05) is 18.2 Å². The molecule has 1 aromatic heterocycles. The maximum absolute atomic E-state index is 9.62. The Labute approximate surface area is 183 Å². The first kappa shape index (κ1) is 18.0. The largest absolute Gasteiger partial charge is 0.337 e. The summed E-state index contributed by atoms with van der Waals surface area (Å²) in [6, 6.07) is 22.0. The summed E-state index contributed by atoms with van der Waals surface area (Å²) in [7, 11) is 0. The smallest absolute Gasteiger partial charge is 0.141 e. The zero-order chi connectivity index (χ0) is 21.1. The Kier molecular flexibility index (Phi) is 3.81. The summed E-state index contributed by atoms with van der Waals surface area (Å²) in [6.07, 6.45) is 2.48. The first-order chi connectivity index (χ1) is 15.2. The summed E-state index contributed by atoms with van der Waals surface area (Å²) < 4.78 is 0. The van der Waals surface area contributed by atoms with E-state index in [1.54, 1.807) is 18.2 Å². The Morgan fingerprint density at radius 1 is 0.871 bits per heavy atom. The van der Waals surface area contributed by atoms with E-state index in [0.717, 1.165) is 32.6 Å². The minimum Gasteiger partial charge on any atom is -0.337 e. The normalized spacial score (nSPS) is 13.5. The van der Waals surface area contributed by atoms with Crippen molar-refractivity contribution in [2.45, 2.75) is 18.8 Å². The van der Waals surface area contributed by atoms with Gasteiger partial charge in [-0.05, 0) is 59.4 Å². The van der Waals surface area contributed by atoms with Crippen molar-refractivity contribution in [3.05, 3.63) is 76.3 Å². The van der Waals surface area contributed by atoms with E-state index in [9.17, 15) is 10.5 Å². The van der Waals surface area contributed by atoms with Crippen LogP contribution in [0.3, 0.4) is 0 Å². The molecule has 1 fully saturated rings. The van der Waals surface area contributed by atoms with Crippen LogP contribution in [0, 0.1) is 22.7 Å².